The molecule has 0 aromatic carbocycles. The van der Waals surface area contributed by atoms with Gasteiger partial charge in [-0.1, -0.05) is 20.3 Å². The topological polar surface area (TPSA) is 26.0 Å². The van der Waals surface area contributed by atoms with E-state index < -0.39 is 0 Å². The Morgan fingerprint density at radius 3 is 2.60 bits per heavy atom. The molecule has 1 aliphatic carbocycles. The molecule has 1 fully saturated rings. The molecule has 2 N–H and O–H groups in total. The van der Waals surface area contributed by atoms with E-state index in [2.05, 4.69) is 13.8 Å². The maximum absolute atomic E-state index is 5.94. The molecule has 0 aliphatic heterocycles. The Hall–Kier alpha value is -0.0400. The highest BCUT2D eigenvalue weighted by atomic mass is 14.6. The molecule has 0 aromatic heterocycles. The first-order valence-electron chi connectivity index (χ1n) is 4.49. The Kier molecular flexibility index (Phi) is 2.72. The van der Waals surface area contributed by atoms with Crippen molar-refractivity contribution in [1.82, 2.24) is 0 Å². The van der Waals surface area contributed by atoms with Crippen molar-refractivity contribution in [3.63, 3.8) is 0 Å². The van der Waals surface area contributed by atoms with Crippen LogP contribution in [0.3, 0.4) is 0 Å². The second-order valence-corrected chi connectivity index (χ2v) is 3.75. The molecule has 0 radical (unpaired) electrons. The molecule has 0 saturated heterocycles. The van der Waals surface area contributed by atoms with Gasteiger partial charge in [0.05, 0.1) is 0 Å². The minimum atomic E-state index is 0.477. The minimum absolute atomic E-state index is 0.477. The van der Waals surface area contributed by atoms with Crippen molar-refractivity contribution in [2.45, 2.75) is 45.6 Å². The average Bonchev–Trinajstić information content (AvgIpc) is 2.34. The fourth-order valence-corrected chi connectivity index (χ4v) is 1.97. The van der Waals surface area contributed by atoms with E-state index in [4.69, 9.17) is 5.73 Å². The summed E-state index contributed by atoms with van der Waals surface area (Å²) < 4.78 is 0. The lowest BCUT2D eigenvalue weighted by molar-refractivity contribution is 0.408. The maximum Gasteiger partial charge on any atom is 0.00646 e. The van der Waals surface area contributed by atoms with E-state index in [1.165, 1.54) is 19.3 Å². The van der Waals surface area contributed by atoms with Gasteiger partial charge in [-0.3, -0.25) is 0 Å². The van der Waals surface area contributed by atoms with Crippen LogP contribution in [0, 0.1) is 11.8 Å². The summed E-state index contributed by atoms with van der Waals surface area (Å²) in [6, 6.07) is 0.477. The largest absolute Gasteiger partial charge is 0.327 e. The van der Waals surface area contributed by atoms with Crippen LogP contribution in [0.2, 0.25) is 0 Å². The van der Waals surface area contributed by atoms with Crippen LogP contribution < -0.4 is 5.73 Å². The summed E-state index contributed by atoms with van der Waals surface area (Å²) in [5.74, 6) is 1.77. The molecule has 3 unspecified atom stereocenters. The van der Waals surface area contributed by atoms with Gasteiger partial charge in [0.25, 0.3) is 0 Å². The fraction of sp³-hybridized carbons (Fsp3) is 1.00. The molecule has 0 amide bonds. The predicted octanol–water partition coefficient (Wildman–Crippen LogP) is 2.16. The first-order valence-corrected chi connectivity index (χ1v) is 4.49. The summed E-state index contributed by atoms with van der Waals surface area (Å²) in [5, 5.41) is 0. The molecule has 0 spiro atoms. The van der Waals surface area contributed by atoms with Crippen molar-refractivity contribution in [3.05, 3.63) is 0 Å². The summed E-state index contributed by atoms with van der Waals surface area (Å²) in [6.07, 6.45) is 5.29. The predicted molar refractivity (Wildman–Crippen MR) is 44.8 cm³/mol. The van der Waals surface area contributed by atoms with Crippen LogP contribution in [0.5, 0.6) is 0 Å². The Bertz CT molecular complexity index is 101. The molecule has 10 heavy (non-hydrogen) atoms. The summed E-state index contributed by atoms with van der Waals surface area (Å²) >= 11 is 0. The van der Waals surface area contributed by atoms with E-state index in [0.717, 1.165) is 18.3 Å². The van der Waals surface area contributed by atoms with Gasteiger partial charge in [-0.2, -0.15) is 0 Å². The Labute approximate surface area is 64.0 Å². The van der Waals surface area contributed by atoms with Crippen molar-refractivity contribution in [2.24, 2.45) is 17.6 Å². The molecule has 1 saturated carbocycles. The van der Waals surface area contributed by atoms with Gasteiger partial charge in [0.1, 0.15) is 0 Å². The van der Waals surface area contributed by atoms with Crippen LogP contribution in [0.4, 0.5) is 0 Å². The van der Waals surface area contributed by atoms with Crippen molar-refractivity contribution in [2.75, 3.05) is 0 Å². The molecule has 1 aliphatic rings. The van der Waals surface area contributed by atoms with Gasteiger partial charge in [0.2, 0.25) is 0 Å². The Balaban J connectivity index is 2.29. The highest BCUT2D eigenvalue weighted by molar-refractivity contribution is 4.79. The number of hydrogen-bond acceptors (Lipinski definition) is 1. The van der Waals surface area contributed by atoms with Crippen molar-refractivity contribution in [1.29, 1.82) is 0 Å². The first kappa shape index (κ1) is 8.06. The van der Waals surface area contributed by atoms with Gasteiger partial charge >= 0.3 is 0 Å². The second kappa shape index (κ2) is 3.38. The van der Waals surface area contributed by atoms with Gasteiger partial charge in [0.15, 0.2) is 0 Å². The van der Waals surface area contributed by atoms with Gasteiger partial charge in [-0.05, 0) is 31.1 Å². The smallest absolute Gasteiger partial charge is 0.00646 e. The number of rotatable bonds is 2. The molecular weight excluding hydrogens is 122 g/mol. The van der Waals surface area contributed by atoms with E-state index in [0.29, 0.717) is 6.04 Å². The monoisotopic (exact) mass is 141 g/mol. The summed E-state index contributed by atoms with van der Waals surface area (Å²) in [6.45, 7) is 4.52. The molecule has 60 valence electrons. The second-order valence-electron chi connectivity index (χ2n) is 3.75. The standard InChI is InChI=1S/C9H19N/c1-3-9(10)8-5-4-7(2)6-8/h7-9H,3-6,10H2,1-2H3. The quantitative estimate of drug-likeness (QED) is 0.626. The molecule has 3 atom stereocenters. The van der Waals surface area contributed by atoms with Crippen LogP contribution in [-0.4, -0.2) is 6.04 Å². The van der Waals surface area contributed by atoms with Crippen LogP contribution in [-0.2, 0) is 0 Å². The molecular formula is C9H19N. The Morgan fingerprint density at radius 2 is 2.20 bits per heavy atom. The maximum atomic E-state index is 5.94. The lowest BCUT2D eigenvalue weighted by Crippen LogP contribution is -2.27. The third kappa shape index (κ3) is 1.72. The van der Waals surface area contributed by atoms with Crippen LogP contribution in [0.25, 0.3) is 0 Å². The molecule has 1 heteroatoms. The first-order chi connectivity index (χ1) is 4.74. The lowest BCUT2D eigenvalue weighted by atomic mass is 9.96. The molecule has 0 heterocycles. The van der Waals surface area contributed by atoms with Crippen molar-refractivity contribution in [3.8, 4) is 0 Å². The molecule has 1 rings (SSSR count). The summed E-state index contributed by atoms with van der Waals surface area (Å²) in [4.78, 5) is 0. The normalized spacial score (nSPS) is 36.3. The van der Waals surface area contributed by atoms with Crippen LogP contribution >= 0.6 is 0 Å². The van der Waals surface area contributed by atoms with Crippen LogP contribution in [0.15, 0.2) is 0 Å². The van der Waals surface area contributed by atoms with Crippen LogP contribution in [0.1, 0.15) is 39.5 Å². The van der Waals surface area contributed by atoms with Crippen molar-refractivity contribution < 1.29 is 0 Å². The zero-order valence-electron chi connectivity index (χ0n) is 7.14. The number of hydrogen-bond donors (Lipinski definition) is 1. The zero-order valence-corrected chi connectivity index (χ0v) is 7.14. The third-order valence-electron chi connectivity index (χ3n) is 2.81. The average molecular weight is 141 g/mol. The molecule has 0 bridgehead atoms. The third-order valence-corrected chi connectivity index (χ3v) is 2.81. The van der Waals surface area contributed by atoms with E-state index in [1.807, 2.05) is 0 Å². The highest BCUT2D eigenvalue weighted by Crippen LogP contribution is 2.32. The molecule has 1 nitrogen and oxygen atoms in total. The van der Waals surface area contributed by atoms with E-state index in [9.17, 15) is 0 Å². The number of nitrogens with two attached hydrogens (primary N) is 1. The van der Waals surface area contributed by atoms with Gasteiger partial charge in [0, 0.05) is 6.04 Å². The summed E-state index contributed by atoms with van der Waals surface area (Å²) in [5.41, 5.74) is 5.94. The van der Waals surface area contributed by atoms with Crippen molar-refractivity contribution >= 4 is 0 Å². The molecule has 0 aromatic rings. The van der Waals surface area contributed by atoms with E-state index in [-0.39, 0.29) is 0 Å². The zero-order chi connectivity index (χ0) is 7.56. The highest BCUT2D eigenvalue weighted by Gasteiger charge is 2.24. The lowest BCUT2D eigenvalue weighted by Gasteiger charge is -2.16. The summed E-state index contributed by atoms with van der Waals surface area (Å²) in [7, 11) is 0. The van der Waals surface area contributed by atoms with Gasteiger partial charge in [-0.25, -0.2) is 0 Å². The van der Waals surface area contributed by atoms with Gasteiger partial charge < -0.3 is 5.73 Å². The van der Waals surface area contributed by atoms with E-state index >= 15 is 0 Å². The van der Waals surface area contributed by atoms with E-state index in [1.54, 1.807) is 0 Å². The van der Waals surface area contributed by atoms with Gasteiger partial charge in [-0.15, -0.1) is 0 Å². The fourth-order valence-electron chi connectivity index (χ4n) is 1.97. The Morgan fingerprint density at radius 1 is 1.50 bits per heavy atom. The minimum Gasteiger partial charge on any atom is -0.327 e. The SMILES string of the molecule is CCC(N)C1CCC(C)C1.